The molecule has 0 fully saturated rings. The van der Waals surface area contributed by atoms with Crippen molar-refractivity contribution in [2.24, 2.45) is 0 Å². The molecule has 6 heteroatoms. The molecule has 0 saturated carbocycles. The smallest absolute Gasteiger partial charge is 0.228 e. The van der Waals surface area contributed by atoms with E-state index in [9.17, 15) is 9.59 Å². The molecular formula is C19H21ClN2O3. The van der Waals surface area contributed by atoms with E-state index in [1.807, 2.05) is 31.2 Å². The summed E-state index contributed by atoms with van der Waals surface area (Å²) in [6, 6.07) is 10.8. The number of halogens is 1. The first kappa shape index (κ1) is 18.8. The Bertz CT molecular complexity index is 788. The van der Waals surface area contributed by atoms with E-state index in [1.165, 1.54) is 14.0 Å². The SMILES string of the molecule is COc1cc(Cl)c(C)cc1NC(=O)Cc1ccc(N(C)C(C)=O)cc1. The highest BCUT2D eigenvalue weighted by molar-refractivity contribution is 6.31. The molecule has 0 aliphatic carbocycles. The van der Waals surface area contributed by atoms with Crippen molar-refractivity contribution in [2.75, 3.05) is 24.4 Å². The summed E-state index contributed by atoms with van der Waals surface area (Å²) in [5.41, 5.74) is 3.08. The highest BCUT2D eigenvalue weighted by Gasteiger charge is 2.11. The van der Waals surface area contributed by atoms with Crippen molar-refractivity contribution in [1.82, 2.24) is 0 Å². The molecular weight excluding hydrogens is 340 g/mol. The van der Waals surface area contributed by atoms with Crippen molar-refractivity contribution >= 4 is 34.8 Å². The Balaban J connectivity index is 2.08. The molecule has 2 amide bonds. The number of nitrogens with one attached hydrogen (secondary N) is 1. The summed E-state index contributed by atoms with van der Waals surface area (Å²) >= 11 is 6.07. The van der Waals surface area contributed by atoms with E-state index in [-0.39, 0.29) is 18.2 Å². The van der Waals surface area contributed by atoms with E-state index in [1.54, 1.807) is 24.1 Å². The first-order chi connectivity index (χ1) is 11.8. The Labute approximate surface area is 152 Å². The van der Waals surface area contributed by atoms with Crippen molar-refractivity contribution in [3.63, 3.8) is 0 Å². The summed E-state index contributed by atoms with van der Waals surface area (Å²) in [4.78, 5) is 25.2. The molecule has 0 aliphatic rings. The van der Waals surface area contributed by atoms with Crippen LogP contribution in [0.4, 0.5) is 11.4 Å². The maximum atomic E-state index is 12.3. The molecule has 0 heterocycles. The molecule has 0 aromatic heterocycles. The Morgan fingerprint density at radius 3 is 2.40 bits per heavy atom. The largest absolute Gasteiger partial charge is 0.495 e. The molecule has 0 bridgehead atoms. The average Bonchev–Trinajstić information content (AvgIpc) is 2.57. The Morgan fingerprint density at radius 1 is 1.20 bits per heavy atom. The Morgan fingerprint density at radius 2 is 1.84 bits per heavy atom. The van der Waals surface area contributed by atoms with Gasteiger partial charge in [0, 0.05) is 30.7 Å². The zero-order valence-electron chi connectivity index (χ0n) is 14.7. The number of nitrogens with zero attached hydrogens (tertiary/aromatic N) is 1. The van der Waals surface area contributed by atoms with Gasteiger partial charge in [0.2, 0.25) is 11.8 Å². The first-order valence-corrected chi connectivity index (χ1v) is 8.17. The zero-order chi connectivity index (χ0) is 18.6. The third kappa shape index (κ3) is 4.73. The van der Waals surface area contributed by atoms with Crippen LogP contribution < -0.4 is 15.0 Å². The van der Waals surface area contributed by atoms with E-state index in [0.29, 0.717) is 16.5 Å². The average molecular weight is 361 g/mol. The normalized spacial score (nSPS) is 10.3. The van der Waals surface area contributed by atoms with Crippen LogP contribution in [0.25, 0.3) is 0 Å². The third-order valence-corrected chi connectivity index (χ3v) is 4.32. The van der Waals surface area contributed by atoms with Crippen LogP contribution in [0.2, 0.25) is 5.02 Å². The lowest BCUT2D eigenvalue weighted by Gasteiger charge is -2.15. The van der Waals surface area contributed by atoms with Crippen LogP contribution in [0.3, 0.4) is 0 Å². The van der Waals surface area contributed by atoms with Gasteiger partial charge in [0.15, 0.2) is 0 Å². The van der Waals surface area contributed by atoms with Crippen LogP contribution in [0.5, 0.6) is 5.75 Å². The van der Waals surface area contributed by atoms with Gasteiger partial charge in [-0.15, -0.1) is 0 Å². The number of rotatable bonds is 5. The van der Waals surface area contributed by atoms with Gasteiger partial charge in [-0.3, -0.25) is 9.59 Å². The van der Waals surface area contributed by atoms with Gasteiger partial charge in [0.05, 0.1) is 19.2 Å². The molecule has 132 valence electrons. The zero-order valence-corrected chi connectivity index (χ0v) is 15.5. The van der Waals surface area contributed by atoms with Gasteiger partial charge in [-0.05, 0) is 36.2 Å². The van der Waals surface area contributed by atoms with E-state index in [2.05, 4.69) is 5.32 Å². The van der Waals surface area contributed by atoms with E-state index in [0.717, 1.165) is 16.8 Å². The van der Waals surface area contributed by atoms with Crippen molar-refractivity contribution < 1.29 is 14.3 Å². The Hall–Kier alpha value is -2.53. The molecule has 5 nitrogen and oxygen atoms in total. The number of anilines is 2. The number of amides is 2. The predicted octanol–water partition coefficient (Wildman–Crippen LogP) is 3.82. The summed E-state index contributed by atoms with van der Waals surface area (Å²) in [6.45, 7) is 3.37. The lowest BCUT2D eigenvalue weighted by molar-refractivity contribution is -0.116. The van der Waals surface area contributed by atoms with Crippen LogP contribution in [-0.4, -0.2) is 26.0 Å². The number of ether oxygens (including phenoxy) is 1. The first-order valence-electron chi connectivity index (χ1n) is 7.79. The van der Waals surface area contributed by atoms with Gasteiger partial charge in [-0.25, -0.2) is 0 Å². The van der Waals surface area contributed by atoms with Crippen LogP contribution in [0.1, 0.15) is 18.1 Å². The second-order valence-corrected chi connectivity index (χ2v) is 6.18. The lowest BCUT2D eigenvalue weighted by atomic mass is 10.1. The third-order valence-electron chi connectivity index (χ3n) is 3.92. The quantitative estimate of drug-likeness (QED) is 0.881. The van der Waals surface area contributed by atoms with Crippen molar-refractivity contribution in [1.29, 1.82) is 0 Å². The molecule has 2 rings (SSSR count). The number of hydrogen-bond acceptors (Lipinski definition) is 3. The summed E-state index contributed by atoms with van der Waals surface area (Å²) in [5.74, 6) is 0.311. The van der Waals surface area contributed by atoms with Crippen molar-refractivity contribution in [3.8, 4) is 5.75 Å². The highest BCUT2D eigenvalue weighted by Crippen LogP contribution is 2.31. The Kier molecular flexibility index (Phi) is 6.04. The van der Waals surface area contributed by atoms with Gasteiger partial charge < -0.3 is 15.0 Å². The standard InChI is InChI=1S/C19H21ClN2O3/c1-12-9-17(18(25-4)11-16(12)20)21-19(24)10-14-5-7-15(8-6-14)22(3)13(2)23/h5-9,11H,10H2,1-4H3,(H,21,24). The number of aryl methyl sites for hydroxylation is 1. The van der Waals surface area contributed by atoms with Gasteiger partial charge in [0.1, 0.15) is 5.75 Å². The number of hydrogen-bond donors (Lipinski definition) is 1. The topological polar surface area (TPSA) is 58.6 Å². The van der Waals surface area contributed by atoms with Gasteiger partial charge >= 0.3 is 0 Å². The summed E-state index contributed by atoms with van der Waals surface area (Å²) in [7, 11) is 3.24. The lowest BCUT2D eigenvalue weighted by Crippen LogP contribution is -2.22. The van der Waals surface area contributed by atoms with Gasteiger partial charge in [0.25, 0.3) is 0 Å². The van der Waals surface area contributed by atoms with Gasteiger partial charge in [-0.1, -0.05) is 23.7 Å². The maximum absolute atomic E-state index is 12.3. The molecule has 0 unspecified atom stereocenters. The summed E-state index contributed by atoms with van der Waals surface area (Å²) < 4.78 is 5.26. The summed E-state index contributed by atoms with van der Waals surface area (Å²) in [6.07, 6.45) is 0.217. The van der Waals surface area contributed by atoms with E-state index >= 15 is 0 Å². The van der Waals surface area contributed by atoms with E-state index < -0.39 is 0 Å². The van der Waals surface area contributed by atoms with Crippen LogP contribution in [0.15, 0.2) is 36.4 Å². The van der Waals surface area contributed by atoms with Crippen LogP contribution in [0, 0.1) is 6.92 Å². The fourth-order valence-electron chi connectivity index (χ4n) is 2.33. The van der Waals surface area contributed by atoms with Crippen LogP contribution in [-0.2, 0) is 16.0 Å². The molecule has 0 spiro atoms. The molecule has 2 aromatic rings. The summed E-state index contributed by atoms with van der Waals surface area (Å²) in [5, 5.41) is 3.43. The number of carbonyl (C=O) groups is 2. The maximum Gasteiger partial charge on any atom is 0.228 e. The number of carbonyl (C=O) groups excluding carboxylic acids is 2. The fraction of sp³-hybridized carbons (Fsp3) is 0.263. The second kappa shape index (κ2) is 8.03. The minimum Gasteiger partial charge on any atom is -0.495 e. The predicted molar refractivity (Wildman–Crippen MR) is 101 cm³/mol. The molecule has 0 atom stereocenters. The van der Waals surface area contributed by atoms with Crippen molar-refractivity contribution in [3.05, 3.63) is 52.5 Å². The molecule has 0 radical (unpaired) electrons. The second-order valence-electron chi connectivity index (χ2n) is 5.77. The van der Waals surface area contributed by atoms with Crippen LogP contribution >= 0.6 is 11.6 Å². The van der Waals surface area contributed by atoms with Gasteiger partial charge in [-0.2, -0.15) is 0 Å². The van der Waals surface area contributed by atoms with Crippen molar-refractivity contribution in [2.45, 2.75) is 20.3 Å². The minimum atomic E-state index is -0.160. The number of methoxy groups -OCH3 is 1. The molecule has 25 heavy (non-hydrogen) atoms. The monoisotopic (exact) mass is 360 g/mol. The molecule has 1 N–H and O–H groups in total. The molecule has 2 aromatic carbocycles. The molecule has 0 aliphatic heterocycles. The number of benzene rings is 2. The molecule has 0 saturated heterocycles. The minimum absolute atomic E-state index is 0.0457. The fourth-order valence-corrected chi connectivity index (χ4v) is 2.48. The van der Waals surface area contributed by atoms with E-state index in [4.69, 9.17) is 16.3 Å². The highest BCUT2D eigenvalue weighted by atomic mass is 35.5.